The molecule has 0 radical (unpaired) electrons. The zero-order valence-corrected chi connectivity index (χ0v) is 32.8. The number of nitrogens with zero attached hydrogens (tertiary/aromatic N) is 5. The molecule has 0 bridgehead atoms. The summed E-state index contributed by atoms with van der Waals surface area (Å²) in [6, 6.07) is 16.9. The van der Waals surface area contributed by atoms with E-state index in [2.05, 4.69) is 36.3 Å². The van der Waals surface area contributed by atoms with Crippen LogP contribution in [-0.2, 0) is 22.6 Å². The second kappa shape index (κ2) is 14.5. The molecule has 3 aromatic carbocycles. The fourth-order valence-corrected chi connectivity index (χ4v) is 10.6. The van der Waals surface area contributed by atoms with Gasteiger partial charge in [-0.3, -0.25) is 29.7 Å². The number of carbonyl (C=O) groups is 3. The first kappa shape index (κ1) is 38.0. The summed E-state index contributed by atoms with van der Waals surface area (Å²) in [7, 11) is 0. The van der Waals surface area contributed by atoms with E-state index in [4.69, 9.17) is 0 Å². The minimum absolute atomic E-state index is 0.0855. The highest BCUT2D eigenvalue weighted by Crippen LogP contribution is 2.65. The van der Waals surface area contributed by atoms with E-state index in [-0.39, 0.29) is 31.1 Å². The van der Waals surface area contributed by atoms with Gasteiger partial charge in [0.1, 0.15) is 6.04 Å². The number of imide groups is 1. The zero-order valence-electron chi connectivity index (χ0n) is 32.8. The van der Waals surface area contributed by atoms with Gasteiger partial charge in [-0.05, 0) is 127 Å². The van der Waals surface area contributed by atoms with Crippen molar-refractivity contribution in [2.45, 2.75) is 76.6 Å². The standard InChI is InChI=1S/C45H47F4N7O3/c46-41-40-33-2-1-3-35(44(16-17-44)45(47,48)49)39(34(33)10-11-36(40)51-52-41)28-4-6-30(7-5-28)54-18-14-27(15-19-54)25-53-20-22-55(23-21-53)31-8-9-32-29(24-31)26-56(43(32)59)37-12-13-38(57)50-42(37)58/h4-11,24,27,37H,1-3,12-23,25-26H2,(H,51,52)(H,50,57,58)/t37-/m0/s1. The molecule has 2 aliphatic carbocycles. The van der Waals surface area contributed by atoms with Crippen molar-refractivity contribution in [1.82, 2.24) is 25.3 Å². The number of piperidine rings is 2. The first-order chi connectivity index (χ1) is 28.5. The Morgan fingerprint density at radius 3 is 2.22 bits per heavy atom. The van der Waals surface area contributed by atoms with Crippen LogP contribution in [0.25, 0.3) is 16.5 Å². The quantitative estimate of drug-likeness (QED) is 0.153. The lowest BCUT2D eigenvalue weighted by Gasteiger charge is -2.40. The maximum absolute atomic E-state index is 15.0. The lowest BCUT2D eigenvalue weighted by molar-refractivity contribution is -0.175. The largest absolute Gasteiger partial charge is 0.398 e. The SMILES string of the molecule is O=C1CC[C@H](N2Cc3cc(N4CCN(CC5CCN(c6ccc(C7=C(C8(C(F)(F)F)CC8)CCCc8c7ccc7[nH]nc(F)c87)cc6)CC5)CC4)ccc3C2=O)C(=O)N1. The van der Waals surface area contributed by atoms with E-state index in [1.807, 2.05) is 42.5 Å². The number of H-pyrrole nitrogens is 1. The van der Waals surface area contributed by atoms with Crippen LogP contribution in [0.5, 0.6) is 0 Å². The number of alkyl halides is 3. The molecule has 1 atom stereocenters. The average Bonchev–Trinajstić information content (AvgIpc) is 3.93. The van der Waals surface area contributed by atoms with Crippen molar-refractivity contribution >= 4 is 45.6 Å². The molecule has 308 valence electrons. The number of aryl methyl sites for hydroxylation is 1. The van der Waals surface area contributed by atoms with Crippen molar-refractivity contribution < 1.29 is 31.9 Å². The van der Waals surface area contributed by atoms with Crippen LogP contribution >= 0.6 is 0 Å². The van der Waals surface area contributed by atoms with Gasteiger partial charge in [-0.25, -0.2) is 0 Å². The first-order valence-electron chi connectivity index (χ1n) is 21.0. The number of piperazine rings is 1. The second-order valence-electron chi connectivity index (χ2n) is 17.3. The maximum atomic E-state index is 15.0. The van der Waals surface area contributed by atoms with E-state index >= 15 is 0 Å². The number of carbonyl (C=O) groups excluding carboxylic acids is 3. The van der Waals surface area contributed by atoms with Crippen molar-refractivity contribution in [2.24, 2.45) is 11.3 Å². The van der Waals surface area contributed by atoms with Gasteiger partial charge in [0.2, 0.25) is 17.8 Å². The molecule has 1 aromatic heterocycles. The molecule has 59 heavy (non-hydrogen) atoms. The molecule has 0 unspecified atom stereocenters. The Morgan fingerprint density at radius 2 is 1.51 bits per heavy atom. The highest BCUT2D eigenvalue weighted by Gasteiger charge is 2.65. The van der Waals surface area contributed by atoms with Crippen LogP contribution in [-0.4, -0.2) is 95.8 Å². The molecule has 6 aliphatic rings. The summed E-state index contributed by atoms with van der Waals surface area (Å²) in [6.45, 7) is 6.84. The third-order valence-electron chi connectivity index (χ3n) is 14.0. The fourth-order valence-electron chi connectivity index (χ4n) is 10.6. The Hall–Kier alpha value is -5.24. The average molecular weight is 810 g/mol. The van der Waals surface area contributed by atoms with Crippen LogP contribution < -0.4 is 15.1 Å². The highest BCUT2D eigenvalue weighted by molar-refractivity contribution is 6.05. The summed E-state index contributed by atoms with van der Waals surface area (Å²) in [6.07, 6.45) is -0.183. The molecule has 1 saturated carbocycles. The Morgan fingerprint density at radius 1 is 0.797 bits per heavy atom. The summed E-state index contributed by atoms with van der Waals surface area (Å²) < 4.78 is 59.1. The van der Waals surface area contributed by atoms with E-state index in [9.17, 15) is 31.9 Å². The number of hydrogen-bond acceptors (Lipinski definition) is 7. The van der Waals surface area contributed by atoms with Crippen LogP contribution in [0.1, 0.15) is 84.0 Å². The number of allylic oxidation sites excluding steroid dienone is 1. The zero-order chi connectivity index (χ0) is 40.6. The van der Waals surface area contributed by atoms with Gasteiger partial charge in [0.15, 0.2) is 0 Å². The molecule has 4 aromatic rings. The number of fused-ring (bicyclic) bond motifs is 4. The van der Waals surface area contributed by atoms with Crippen LogP contribution in [0, 0.1) is 17.3 Å². The molecular weight excluding hydrogens is 763 g/mol. The predicted molar refractivity (Wildman–Crippen MR) is 215 cm³/mol. The molecule has 0 spiro atoms. The van der Waals surface area contributed by atoms with Crippen molar-refractivity contribution in [2.75, 3.05) is 55.6 Å². The third kappa shape index (κ3) is 6.67. The number of benzene rings is 3. The van der Waals surface area contributed by atoms with E-state index in [1.54, 1.807) is 11.0 Å². The van der Waals surface area contributed by atoms with Gasteiger partial charge in [0, 0.05) is 75.7 Å². The van der Waals surface area contributed by atoms with Gasteiger partial charge in [-0.1, -0.05) is 18.2 Å². The summed E-state index contributed by atoms with van der Waals surface area (Å²) in [4.78, 5) is 46.1. The van der Waals surface area contributed by atoms with Crippen LogP contribution in [0.15, 0.2) is 60.2 Å². The normalized spacial score (nSPS) is 22.8. The number of halogens is 4. The third-order valence-corrected chi connectivity index (χ3v) is 14.0. The Balaban J connectivity index is 0.772. The minimum atomic E-state index is -4.35. The molecule has 3 saturated heterocycles. The molecule has 10 rings (SSSR count). The second-order valence-corrected chi connectivity index (χ2v) is 17.3. The topological polar surface area (TPSA) is 105 Å². The molecule has 2 N–H and O–H groups in total. The minimum Gasteiger partial charge on any atom is -0.372 e. The van der Waals surface area contributed by atoms with E-state index in [0.29, 0.717) is 71.3 Å². The van der Waals surface area contributed by atoms with Gasteiger partial charge in [0.05, 0.1) is 16.3 Å². The van der Waals surface area contributed by atoms with Crippen molar-refractivity contribution in [3.63, 3.8) is 0 Å². The van der Waals surface area contributed by atoms with E-state index in [1.165, 1.54) is 0 Å². The number of anilines is 2. The number of nitrogens with one attached hydrogen (secondary N) is 2. The van der Waals surface area contributed by atoms with Gasteiger partial charge >= 0.3 is 6.18 Å². The van der Waals surface area contributed by atoms with Crippen LogP contribution in [0.2, 0.25) is 0 Å². The highest BCUT2D eigenvalue weighted by atomic mass is 19.4. The van der Waals surface area contributed by atoms with Crippen molar-refractivity contribution in [1.29, 1.82) is 0 Å². The summed E-state index contributed by atoms with van der Waals surface area (Å²) in [5, 5.41) is 9.24. The number of aromatic nitrogens is 2. The monoisotopic (exact) mass is 809 g/mol. The Kier molecular flexibility index (Phi) is 9.33. The van der Waals surface area contributed by atoms with Gasteiger partial charge in [0.25, 0.3) is 5.91 Å². The van der Waals surface area contributed by atoms with Crippen molar-refractivity contribution in [3.8, 4) is 0 Å². The van der Waals surface area contributed by atoms with Gasteiger partial charge in [-0.2, -0.15) is 17.6 Å². The number of hydrogen-bond donors (Lipinski definition) is 2. The Bertz CT molecular complexity index is 2370. The molecule has 4 fully saturated rings. The lowest BCUT2D eigenvalue weighted by Crippen LogP contribution is -2.52. The smallest absolute Gasteiger partial charge is 0.372 e. The lowest BCUT2D eigenvalue weighted by atomic mass is 9.82. The van der Waals surface area contributed by atoms with E-state index < -0.39 is 29.5 Å². The summed E-state index contributed by atoms with van der Waals surface area (Å²) in [5.41, 5.74) is 5.58. The van der Waals surface area contributed by atoms with Crippen molar-refractivity contribution in [3.05, 3.63) is 93.9 Å². The molecule has 14 heteroatoms. The van der Waals surface area contributed by atoms with Crippen LogP contribution in [0.4, 0.5) is 28.9 Å². The number of rotatable bonds is 7. The molecule has 4 aliphatic heterocycles. The summed E-state index contributed by atoms with van der Waals surface area (Å²) >= 11 is 0. The molecule has 5 heterocycles. The van der Waals surface area contributed by atoms with Gasteiger partial charge in [-0.15, -0.1) is 5.10 Å². The fraction of sp³-hybridized carbons (Fsp3) is 0.467. The summed E-state index contributed by atoms with van der Waals surface area (Å²) in [5.74, 6) is -0.908. The van der Waals surface area contributed by atoms with Gasteiger partial charge < -0.3 is 14.7 Å². The maximum Gasteiger partial charge on any atom is 0.398 e. The molecule has 3 amide bonds. The Labute approximate surface area is 339 Å². The number of amides is 3. The predicted octanol–water partition coefficient (Wildman–Crippen LogP) is 6.98. The first-order valence-corrected chi connectivity index (χ1v) is 21.0. The number of aromatic amines is 1. The van der Waals surface area contributed by atoms with Crippen LogP contribution in [0.3, 0.4) is 0 Å². The molecular formula is C45H47F4N7O3. The molecule has 10 nitrogen and oxygen atoms in total. The van der Waals surface area contributed by atoms with E-state index in [0.717, 1.165) is 86.7 Å².